The maximum Gasteiger partial charge on any atom is 0.269 e. The van der Waals surface area contributed by atoms with Gasteiger partial charge in [-0.2, -0.15) is 10.5 Å². The Hall–Kier alpha value is -5.50. The number of carbonyl (C=O) groups is 4. The summed E-state index contributed by atoms with van der Waals surface area (Å²) in [4.78, 5) is 73.9. The summed E-state index contributed by atoms with van der Waals surface area (Å²) in [5.74, 6) is -6.69. The average molecular weight is 502 g/mol. The predicted octanol–water partition coefficient (Wildman–Crippen LogP) is 2.00. The number of nitriles is 2. The van der Waals surface area contributed by atoms with Gasteiger partial charge in [0.2, 0.25) is 23.6 Å². The maximum absolute atomic E-state index is 13.3. The summed E-state index contributed by atoms with van der Waals surface area (Å²) in [5.41, 5.74) is -3.00. The summed E-state index contributed by atoms with van der Waals surface area (Å²) < 4.78 is 0. The predicted molar refractivity (Wildman–Crippen MR) is 121 cm³/mol. The second-order valence-electron chi connectivity index (χ2n) is 8.29. The molecular weight excluding hydrogens is 488 g/mol. The molecule has 0 radical (unpaired) electrons. The first-order valence-electron chi connectivity index (χ1n) is 10.6. The van der Waals surface area contributed by atoms with E-state index in [-0.39, 0.29) is 22.7 Å². The van der Waals surface area contributed by atoms with Crippen LogP contribution >= 0.6 is 0 Å². The minimum absolute atomic E-state index is 0.0192. The highest BCUT2D eigenvalue weighted by molar-refractivity contribution is 6.24. The van der Waals surface area contributed by atoms with Crippen molar-refractivity contribution in [2.45, 2.75) is 12.8 Å². The highest BCUT2D eigenvalue weighted by Gasteiger charge is 2.62. The number of hydrogen-bond acceptors (Lipinski definition) is 10. The molecular formula is C23H14N6O8. The fourth-order valence-corrected chi connectivity index (χ4v) is 4.54. The lowest BCUT2D eigenvalue weighted by atomic mass is 9.67. The Bertz CT molecular complexity index is 1340. The number of nitro groups is 2. The molecule has 0 aliphatic carbocycles. The molecule has 184 valence electrons. The van der Waals surface area contributed by atoms with E-state index in [1.165, 1.54) is 0 Å². The minimum atomic E-state index is -2.38. The number of carbonyl (C=O) groups excluding carboxylic acids is 4. The molecule has 2 aliphatic rings. The van der Waals surface area contributed by atoms with Crippen molar-refractivity contribution in [1.82, 2.24) is 0 Å². The number of non-ortho nitro benzene ring substituents is 2. The van der Waals surface area contributed by atoms with E-state index < -0.39 is 63.6 Å². The second kappa shape index (κ2) is 8.94. The van der Waals surface area contributed by atoms with Crippen LogP contribution in [0.15, 0.2) is 48.5 Å². The Balaban J connectivity index is 1.67. The van der Waals surface area contributed by atoms with Crippen molar-refractivity contribution in [1.29, 1.82) is 10.5 Å². The third-order valence-electron chi connectivity index (χ3n) is 6.40. The number of hydrogen-bond donors (Lipinski definition) is 0. The fourth-order valence-electron chi connectivity index (χ4n) is 4.54. The van der Waals surface area contributed by atoms with Crippen LogP contribution in [0.2, 0.25) is 0 Å². The Morgan fingerprint density at radius 2 is 1.03 bits per heavy atom. The van der Waals surface area contributed by atoms with Gasteiger partial charge in [-0.1, -0.05) is 0 Å². The highest BCUT2D eigenvalue weighted by atomic mass is 16.6. The molecule has 0 N–H and O–H groups in total. The minimum Gasteiger partial charge on any atom is -0.274 e. The van der Waals surface area contributed by atoms with E-state index in [2.05, 4.69) is 0 Å². The van der Waals surface area contributed by atoms with Crippen LogP contribution in [-0.2, 0) is 19.2 Å². The van der Waals surface area contributed by atoms with Crippen LogP contribution in [-0.4, -0.2) is 33.5 Å². The molecule has 0 spiro atoms. The summed E-state index contributed by atoms with van der Waals surface area (Å²) in [6.45, 7) is 0. The molecule has 2 atom stereocenters. The van der Waals surface area contributed by atoms with Crippen LogP contribution in [0, 0.1) is 60.1 Å². The van der Waals surface area contributed by atoms with E-state index in [4.69, 9.17) is 0 Å². The zero-order valence-corrected chi connectivity index (χ0v) is 18.6. The Morgan fingerprint density at radius 1 is 0.703 bits per heavy atom. The first-order valence-corrected chi connectivity index (χ1v) is 10.6. The van der Waals surface area contributed by atoms with Crippen LogP contribution in [0.5, 0.6) is 0 Å². The van der Waals surface area contributed by atoms with Crippen molar-refractivity contribution >= 4 is 46.4 Å². The van der Waals surface area contributed by atoms with Gasteiger partial charge in [0.05, 0.1) is 45.2 Å². The summed E-state index contributed by atoms with van der Waals surface area (Å²) in [6, 6.07) is 12.4. The van der Waals surface area contributed by atoms with Crippen LogP contribution in [0.25, 0.3) is 0 Å². The number of nitro benzene ring substituents is 2. The zero-order valence-electron chi connectivity index (χ0n) is 18.6. The van der Waals surface area contributed by atoms with E-state index in [9.17, 15) is 49.9 Å². The Morgan fingerprint density at radius 3 is 1.30 bits per heavy atom. The molecule has 2 heterocycles. The van der Waals surface area contributed by atoms with Crippen molar-refractivity contribution < 1.29 is 29.0 Å². The van der Waals surface area contributed by atoms with Crippen LogP contribution in [0.3, 0.4) is 0 Å². The molecule has 0 aromatic heterocycles. The van der Waals surface area contributed by atoms with E-state index in [1.807, 2.05) is 0 Å². The molecule has 2 saturated heterocycles. The van der Waals surface area contributed by atoms with Gasteiger partial charge in [0, 0.05) is 37.1 Å². The smallest absolute Gasteiger partial charge is 0.269 e. The summed E-state index contributed by atoms with van der Waals surface area (Å²) >= 11 is 0. The highest BCUT2D eigenvalue weighted by Crippen LogP contribution is 2.47. The summed E-state index contributed by atoms with van der Waals surface area (Å²) in [7, 11) is 0. The average Bonchev–Trinajstić information content (AvgIpc) is 3.35. The molecule has 14 nitrogen and oxygen atoms in total. The van der Waals surface area contributed by atoms with Gasteiger partial charge >= 0.3 is 0 Å². The van der Waals surface area contributed by atoms with Crippen molar-refractivity contribution in [2.24, 2.45) is 17.3 Å². The van der Waals surface area contributed by atoms with Gasteiger partial charge in [-0.05, 0) is 24.3 Å². The topological polar surface area (TPSA) is 209 Å². The Kier molecular flexibility index (Phi) is 5.95. The van der Waals surface area contributed by atoms with Crippen LogP contribution in [0.1, 0.15) is 12.8 Å². The molecule has 2 aromatic rings. The van der Waals surface area contributed by atoms with Crippen molar-refractivity contribution in [2.75, 3.05) is 9.80 Å². The first kappa shape index (κ1) is 24.6. The molecule has 2 aliphatic heterocycles. The zero-order chi connectivity index (χ0) is 27.1. The summed E-state index contributed by atoms with van der Waals surface area (Å²) in [5, 5.41) is 41.8. The van der Waals surface area contributed by atoms with Gasteiger partial charge < -0.3 is 0 Å². The van der Waals surface area contributed by atoms with Gasteiger partial charge in [0.15, 0.2) is 5.41 Å². The van der Waals surface area contributed by atoms with Gasteiger partial charge in [-0.3, -0.25) is 49.2 Å². The first-order chi connectivity index (χ1) is 17.5. The molecule has 0 saturated carbocycles. The van der Waals surface area contributed by atoms with Gasteiger partial charge in [-0.15, -0.1) is 0 Å². The van der Waals surface area contributed by atoms with E-state index in [0.29, 0.717) is 9.80 Å². The number of imide groups is 2. The molecule has 0 unspecified atom stereocenters. The van der Waals surface area contributed by atoms with E-state index in [1.54, 1.807) is 12.1 Å². The molecule has 4 rings (SSSR count). The quantitative estimate of drug-likeness (QED) is 0.318. The molecule has 4 amide bonds. The van der Waals surface area contributed by atoms with E-state index in [0.717, 1.165) is 48.5 Å². The normalized spacial score (nSPS) is 19.6. The lowest BCUT2D eigenvalue weighted by molar-refractivity contribution is -0.385. The number of anilines is 2. The largest absolute Gasteiger partial charge is 0.274 e. The second-order valence-corrected chi connectivity index (χ2v) is 8.29. The van der Waals surface area contributed by atoms with Gasteiger partial charge in [0.25, 0.3) is 11.4 Å². The SMILES string of the molecule is N#CC(C#N)([C@@H]1CC(=O)N(c2ccc([N+](=O)[O-])cc2)C1=O)[C@H]1CC(=O)N(c2ccc([N+](=O)[O-])cc2)C1=O. The number of nitrogens with zero attached hydrogens (tertiary/aromatic N) is 6. The fraction of sp³-hybridized carbons (Fsp3) is 0.217. The third kappa shape index (κ3) is 3.82. The van der Waals surface area contributed by atoms with E-state index >= 15 is 0 Å². The molecule has 2 fully saturated rings. The van der Waals surface area contributed by atoms with Crippen LogP contribution < -0.4 is 9.80 Å². The molecule has 0 bridgehead atoms. The molecule has 37 heavy (non-hydrogen) atoms. The van der Waals surface area contributed by atoms with Crippen LogP contribution in [0.4, 0.5) is 22.7 Å². The lowest BCUT2D eigenvalue weighted by Gasteiger charge is -2.28. The molecule has 2 aromatic carbocycles. The van der Waals surface area contributed by atoms with Crippen molar-refractivity contribution in [3.8, 4) is 12.1 Å². The van der Waals surface area contributed by atoms with Gasteiger partial charge in [-0.25, -0.2) is 0 Å². The number of benzene rings is 2. The molecule has 14 heteroatoms. The monoisotopic (exact) mass is 502 g/mol. The van der Waals surface area contributed by atoms with Crippen molar-refractivity contribution in [3.05, 3.63) is 68.8 Å². The lowest BCUT2D eigenvalue weighted by Crippen LogP contribution is -2.44. The van der Waals surface area contributed by atoms with Crippen molar-refractivity contribution in [3.63, 3.8) is 0 Å². The standard InChI is InChI=1S/C23H14N6O8/c24-11-23(12-25,17-9-19(30)26(21(17)32)13-1-5-15(6-2-13)28(34)35)18-10-20(31)27(22(18)33)14-3-7-16(8-4-14)29(36)37/h1-8,17-18H,9-10H2/t17-,18+. The maximum atomic E-state index is 13.3. The Labute approximate surface area is 207 Å². The third-order valence-corrected chi connectivity index (χ3v) is 6.40. The number of amides is 4. The summed E-state index contributed by atoms with van der Waals surface area (Å²) in [6.07, 6.45) is -1.21. The van der Waals surface area contributed by atoms with Gasteiger partial charge in [0.1, 0.15) is 0 Å². The number of rotatable bonds is 6.